The lowest BCUT2D eigenvalue weighted by molar-refractivity contribution is -0.121. The van der Waals surface area contributed by atoms with Crippen molar-refractivity contribution in [2.75, 3.05) is 32.1 Å². The van der Waals surface area contributed by atoms with Crippen LogP contribution in [0.5, 0.6) is 0 Å². The summed E-state index contributed by atoms with van der Waals surface area (Å²) in [5.74, 6) is 0.708. The van der Waals surface area contributed by atoms with E-state index < -0.39 is 0 Å². The highest BCUT2D eigenvalue weighted by Crippen LogP contribution is 2.28. The van der Waals surface area contributed by atoms with Gasteiger partial charge in [0.2, 0.25) is 5.91 Å². The van der Waals surface area contributed by atoms with E-state index in [9.17, 15) is 9.59 Å². The van der Waals surface area contributed by atoms with Crippen LogP contribution in [0.4, 0.5) is 5.69 Å². The highest BCUT2D eigenvalue weighted by atomic mass is 16.2. The van der Waals surface area contributed by atoms with E-state index in [4.69, 9.17) is 0 Å². The maximum atomic E-state index is 12.6. The van der Waals surface area contributed by atoms with E-state index in [1.54, 1.807) is 19.0 Å². The van der Waals surface area contributed by atoms with Gasteiger partial charge in [0, 0.05) is 37.9 Å². The Labute approximate surface area is 156 Å². The van der Waals surface area contributed by atoms with Crippen molar-refractivity contribution in [3.05, 3.63) is 29.3 Å². The number of aryl methyl sites for hydroxylation is 1. The lowest BCUT2D eigenvalue weighted by Crippen LogP contribution is -2.46. The summed E-state index contributed by atoms with van der Waals surface area (Å²) in [7, 11) is 3.54. The van der Waals surface area contributed by atoms with Gasteiger partial charge < -0.3 is 15.1 Å². The van der Waals surface area contributed by atoms with Crippen molar-refractivity contribution in [1.82, 2.24) is 10.2 Å². The predicted octanol–water partition coefficient (Wildman–Crippen LogP) is 2.84. The van der Waals surface area contributed by atoms with Gasteiger partial charge in [-0.25, -0.2) is 0 Å². The maximum absolute atomic E-state index is 12.6. The van der Waals surface area contributed by atoms with Crippen molar-refractivity contribution < 1.29 is 9.59 Å². The van der Waals surface area contributed by atoms with E-state index in [0.717, 1.165) is 37.1 Å². The number of carbonyl (C=O) groups excluding carboxylic acids is 2. The first-order chi connectivity index (χ1) is 12.5. The van der Waals surface area contributed by atoms with Crippen LogP contribution in [-0.2, 0) is 11.2 Å². The molecule has 1 heterocycles. The zero-order chi connectivity index (χ0) is 18.7. The Morgan fingerprint density at radius 3 is 2.69 bits per heavy atom. The van der Waals surface area contributed by atoms with Crippen LogP contribution in [-0.4, -0.2) is 49.9 Å². The number of carbonyl (C=O) groups is 2. The highest BCUT2D eigenvalue weighted by molar-refractivity contribution is 5.94. The molecule has 0 radical (unpaired) electrons. The van der Waals surface area contributed by atoms with E-state index in [2.05, 4.69) is 17.1 Å². The number of nitrogens with one attached hydrogen (secondary N) is 1. The van der Waals surface area contributed by atoms with Gasteiger partial charge in [0.05, 0.1) is 6.54 Å². The molecule has 0 aromatic heterocycles. The summed E-state index contributed by atoms with van der Waals surface area (Å²) < 4.78 is 0. The fourth-order valence-corrected chi connectivity index (χ4v) is 4.19. The Hall–Kier alpha value is -2.04. The van der Waals surface area contributed by atoms with Crippen LogP contribution in [0.1, 0.15) is 54.9 Å². The molecule has 5 nitrogen and oxygen atoms in total. The number of anilines is 1. The van der Waals surface area contributed by atoms with Gasteiger partial charge in [0.25, 0.3) is 5.91 Å². The van der Waals surface area contributed by atoms with Crippen molar-refractivity contribution in [3.8, 4) is 0 Å². The van der Waals surface area contributed by atoms with Gasteiger partial charge in [-0.15, -0.1) is 0 Å². The van der Waals surface area contributed by atoms with Crippen molar-refractivity contribution >= 4 is 17.5 Å². The summed E-state index contributed by atoms with van der Waals surface area (Å²) in [6, 6.07) is 6.19. The Morgan fingerprint density at radius 1 is 1.19 bits per heavy atom. The number of fused-ring (bicyclic) bond motifs is 1. The zero-order valence-corrected chi connectivity index (χ0v) is 16.3. The molecule has 26 heavy (non-hydrogen) atoms. The third kappa shape index (κ3) is 4.19. The molecule has 2 amide bonds. The topological polar surface area (TPSA) is 52.7 Å². The molecule has 1 aromatic carbocycles. The van der Waals surface area contributed by atoms with Crippen molar-refractivity contribution in [2.45, 2.75) is 51.5 Å². The Balaban J connectivity index is 1.67. The molecule has 5 heteroatoms. The average Bonchev–Trinajstić information content (AvgIpc) is 2.62. The molecule has 1 aromatic rings. The Bertz CT molecular complexity index is 671. The Kier molecular flexibility index (Phi) is 5.84. The van der Waals surface area contributed by atoms with Gasteiger partial charge in [0.15, 0.2) is 0 Å². The van der Waals surface area contributed by atoms with Gasteiger partial charge in [-0.05, 0) is 55.4 Å². The second-order valence-electron chi connectivity index (χ2n) is 8.00. The second kappa shape index (κ2) is 8.11. The molecule has 1 saturated carbocycles. The maximum Gasteiger partial charge on any atom is 0.253 e. The van der Waals surface area contributed by atoms with Gasteiger partial charge in [0.1, 0.15) is 0 Å². The van der Waals surface area contributed by atoms with Gasteiger partial charge >= 0.3 is 0 Å². The number of rotatable bonds is 4. The molecule has 0 bridgehead atoms. The number of benzene rings is 1. The molecular weight excluding hydrogens is 326 g/mol. The van der Waals surface area contributed by atoms with Crippen LogP contribution in [0.3, 0.4) is 0 Å². The van der Waals surface area contributed by atoms with E-state index >= 15 is 0 Å². The minimum absolute atomic E-state index is 0.0222. The van der Waals surface area contributed by atoms with Crippen LogP contribution in [0, 0.1) is 5.92 Å². The number of hydrogen-bond donors (Lipinski definition) is 1. The lowest BCUT2D eigenvalue weighted by Gasteiger charge is -2.33. The van der Waals surface area contributed by atoms with Crippen LogP contribution >= 0.6 is 0 Å². The van der Waals surface area contributed by atoms with E-state index in [1.165, 1.54) is 24.8 Å². The summed E-state index contributed by atoms with van der Waals surface area (Å²) >= 11 is 0. The molecule has 1 N–H and O–H groups in total. The summed E-state index contributed by atoms with van der Waals surface area (Å²) in [6.45, 7) is 3.53. The predicted molar refractivity (Wildman–Crippen MR) is 105 cm³/mol. The molecule has 1 fully saturated rings. The highest BCUT2D eigenvalue weighted by Gasteiger charge is 2.25. The van der Waals surface area contributed by atoms with Crippen LogP contribution in [0.25, 0.3) is 0 Å². The third-order valence-corrected chi connectivity index (χ3v) is 5.74. The Morgan fingerprint density at radius 2 is 1.96 bits per heavy atom. The van der Waals surface area contributed by atoms with E-state index in [-0.39, 0.29) is 11.8 Å². The molecule has 2 aliphatic rings. The largest absolute Gasteiger partial charge is 0.362 e. The van der Waals surface area contributed by atoms with Gasteiger partial charge in [-0.1, -0.05) is 19.8 Å². The van der Waals surface area contributed by atoms with Crippen LogP contribution in [0.15, 0.2) is 18.2 Å². The van der Waals surface area contributed by atoms with Crippen molar-refractivity contribution in [1.29, 1.82) is 0 Å². The molecule has 3 rings (SSSR count). The van der Waals surface area contributed by atoms with Crippen LogP contribution < -0.4 is 10.2 Å². The number of hydrogen-bond acceptors (Lipinski definition) is 3. The molecule has 2 unspecified atom stereocenters. The second-order valence-corrected chi connectivity index (χ2v) is 8.00. The average molecular weight is 357 g/mol. The SMILES string of the molecule is CC1CCCCC1NC(=O)CN1CCCc2cc(C(=O)N(C)C)ccc21. The fourth-order valence-electron chi connectivity index (χ4n) is 4.19. The van der Waals surface area contributed by atoms with Crippen molar-refractivity contribution in [2.24, 2.45) is 5.92 Å². The molecule has 1 aliphatic carbocycles. The molecule has 2 atom stereocenters. The lowest BCUT2D eigenvalue weighted by atomic mass is 9.86. The van der Waals surface area contributed by atoms with E-state index in [0.29, 0.717) is 18.5 Å². The monoisotopic (exact) mass is 357 g/mol. The third-order valence-electron chi connectivity index (χ3n) is 5.74. The number of nitrogens with zero attached hydrogens (tertiary/aromatic N) is 2. The van der Waals surface area contributed by atoms with Crippen LogP contribution in [0.2, 0.25) is 0 Å². The fraction of sp³-hybridized carbons (Fsp3) is 0.619. The molecular formula is C21H31N3O2. The van der Waals surface area contributed by atoms with Crippen molar-refractivity contribution in [3.63, 3.8) is 0 Å². The van der Waals surface area contributed by atoms with E-state index in [1.807, 2.05) is 18.2 Å². The molecule has 0 saturated heterocycles. The first-order valence-electron chi connectivity index (χ1n) is 9.84. The summed E-state index contributed by atoms with van der Waals surface area (Å²) in [6.07, 6.45) is 6.77. The minimum Gasteiger partial charge on any atom is -0.362 e. The zero-order valence-electron chi connectivity index (χ0n) is 16.3. The smallest absolute Gasteiger partial charge is 0.253 e. The molecule has 0 spiro atoms. The first-order valence-corrected chi connectivity index (χ1v) is 9.84. The summed E-state index contributed by atoms with van der Waals surface area (Å²) in [4.78, 5) is 28.5. The van der Waals surface area contributed by atoms with Gasteiger partial charge in [-0.2, -0.15) is 0 Å². The standard InChI is InChI=1S/C21H31N3O2/c1-15-7-4-5-9-18(15)22-20(25)14-24-12-6-8-16-13-17(10-11-19(16)24)21(26)23(2)3/h10-11,13,15,18H,4-9,12,14H2,1-3H3,(H,22,25). The summed E-state index contributed by atoms with van der Waals surface area (Å²) in [5, 5.41) is 3.25. The molecule has 1 aliphatic heterocycles. The van der Waals surface area contributed by atoms with Gasteiger partial charge in [-0.3, -0.25) is 9.59 Å². The minimum atomic E-state index is 0.0222. The first kappa shape index (κ1) is 18.7. The number of amides is 2. The molecule has 142 valence electrons. The summed E-state index contributed by atoms with van der Waals surface area (Å²) in [5.41, 5.74) is 2.98. The quantitative estimate of drug-likeness (QED) is 0.901. The normalized spacial score (nSPS) is 22.5.